The molecule has 1 aromatic rings. The summed E-state index contributed by atoms with van der Waals surface area (Å²) >= 11 is 0. The Hall–Kier alpha value is -1.30. The lowest BCUT2D eigenvalue weighted by Crippen LogP contribution is -2.41. The van der Waals surface area contributed by atoms with Crippen LogP contribution in [0.15, 0.2) is 23.7 Å². The SMILES string of the molecule is CC1(C)OB(C(=Cc2ccc3c(c2)CCO3)CO)OC1(C)C. The average Bonchev–Trinajstić information content (AvgIpc) is 2.98. The quantitative estimate of drug-likeness (QED) is 0.872. The van der Waals surface area contributed by atoms with Crippen LogP contribution in [0.1, 0.15) is 38.8 Å². The summed E-state index contributed by atoms with van der Waals surface area (Å²) in [6.07, 6.45) is 2.88. The van der Waals surface area contributed by atoms with Crippen molar-refractivity contribution in [1.29, 1.82) is 0 Å². The Labute approximate surface area is 132 Å². The Kier molecular flexibility index (Phi) is 3.83. The van der Waals surface area contributed by atoms with Crippen LogP contribution in [0, 0.1) is 0 Å². The molecule has 4 nitrogen and oxygen atoms in total. The second-order valence-electron chi connectivity index (χ2n) is 6.93. The van der Waals surface area contributed by atoms with Crippen LogP contribution < -0.4 is 4.74 Å². The minimum Gasteiger partial charge on any atom is -0.493 e. The molecule has 0 unspecified atom stereocenters. The Morgan fingerprint density at radius 3 is 2.55 bits per heavy atom. The van der Waals surface area contributed by atoms with Crippen LogP contribution in [0.25, 0.3) is 6.08 Å². The van der Waals surface area contributed by atoms with Crippen molar-refractivity contribution in [3.8, 4) is 5.75 Å². The summed E-state index contributed by atoms with van der Waals surface area (Å²) in [4.78, 5) is 0. The monoisotopic (exact) mass is 302 g/mol. The molecule has 1 fully saturated rings. The molecule has 0 aromatic heterocycles. The molecule has 2 heterocycles. The van der Waals surface area contributed by atoms with Crippen molar-refractivity contribution in [3.63, 3.8) is 0 Å². The molecule has 0 radical (unpaired) electrons. The highest BCUT2D eigenvalue weighted by Gasteiger charge is 2.52. The summed E-state index contributed by atoms with van der Waals surface area (Å²) in [7, 11) is -0.514. The molecule has 22 heavy (non-hydrogen) atoms. The summed E-state index contributed by atoms with van der Waals surface area (Å²) in [6.45, 7) is 8.68. The Morgan fingerprint density at radius 2 is 1.91 bits per heavy atom. The van der Waals surface area contributed by atoms with E-state index in [4.69, 9.17) is 14.0 Å². The van der Waals surface area contributed by atoms with Crippen LogP contribution in [-0.4, -0.2) is 36.6 Å². The molecule has 0 aliphatic carbocycles. The van der Waals surface area contributed by atoms with Crippen molar-refractivity contribution in [3.05, 3.63) is 34.8 Å². The fourth-order valence-corrected chi connectivity index (χ4v) is 2.69. The Balaban J connectivity index is 1.86. The topological polar surface area (TPSA) is 47.9 Å². The molecule has 1 saturated heterocycles. The van der Waals surface area contributed by atoms with Gasteiger partial charge in [-0.05, 0) is 56.4 Å². The van der Waals surface area contributed by atoms with E-state index in [0.29, 0.717) is 0 Å². The van der Waals surface area contributed by atoms with Gasteiger partial charge in [0.25, 0.3) is 0 Å². The van der Waals surface area contributed by atoms with Gasteiger partial charge in [0, 0.05) is 6.42 Å². The highest BCUT2D eigenvalue weighted by Crippen LogP contribution is 2.39. The van der Waals surface area contributed by atoms with E-state index in [0.717, 1.165) is 29.8 Å². The van der Waals surface area contributed by atoms with E-state index in [1.54, 1.807) is 0 Å². The third kappa shape index (κ3) is 2.69. The first-order chi connectivity index (χ1) is 10.3. The zero-order valence-electron chi connectivity index (χ0n) is 13.7. The first-order valence-electron chi connectivity index (χ1n) is 7.75. The van der Waals surface area contributed by atoms with Crippen molar-refractivity contribution in [2.75, 3.05) is 13.2 Å². The minimum atomic E-state index is -0.514. The smallest absolute Gasteiger partial charge is 0.492 e. The first-order valence-corrected chi connectivity index (χ1v) is 7.75. The lowest BCUT2D eigenvalue weighted by Gasteiger charge is -2.32. The second-order valence-corrected chi connectivity index (χ2v) is 6.93. The van der Waals surface area contributed by atoms with Crippen LogP contribution in [0.4, 0.5) is 0 Å². The van der Waals surface area contributed by atoms with E-state index in [1.165, 1.54) is 5.56 Å². The maximum atomic E-state index is 9.73. The molecule has 5 heteroatoms. The van der Waals surface area contributed by atoms with Crippen molar-refractivity contribution < 1.29 is 19.2 Å². The van der Waals surface area contributed by atoms with Crippen LogP contribution in [0.5, 0.6) is 5.75 Å². The number of fused-ring (bicyclic) bond motifs is 1. The van der Waals surface area contributed by atoms with Gasteiger partial charge in [0.15, 0.2) is 0 Å². The van der Waals surface area contributed by atoms with E-state index in [-0.39, 0.29) is 6.61 Å². The number of aliphatic hydroxyl groups excluding tert-OH is 1. The molecule has 1 N–H and O–H groups in total. The average molecular weight is 302 g/mol. The van der Waals surface area contributed by atoms with E-state index < -0.39 is 18.3 Å². The number of aliphatic hydroxyl groups is 1. The van der Waals surface area contributed by atoms with Gasteiger partial charge in [-0.2, -0.15) is 0 Å². The van der Waals surface area contributed by atoms with Gasteiger partial charge >= 0.3 is 7.12 Å². The minimum absolute atomic E-state index is 0.0928. The van der Waals surface area contributed by atoms with E-state index in [1.807, 2.05) is 45.9 Å². The molecule has 0 amide bonds. The van der Waals surface area contributed by atoms with Gasteiger partial charge in [-0.15, -0.1) is 0 Å². The Morgan fingerprint density at radius 1 is 1.23 bits per heavy atom. The zero-order chi connectivity index (χ0) is 16.0. The van der Waals surface area contributed by atoms with Crippen LogP contribution in [0.2, 0.25) is 0 Å². The van der Waals surface area contributed by atoms with Crippen LogP contribution in [-0.2, 0) is 15.7 Å². The fraction of sp³-hybridized carbons (Fsp3) is 0.529. The molecule has 0 spiro atoms. The standard InChI is InChI=1S/C17H23BO4/c1-16(2)17(3,4)22-18(21-16)14(11-19)10-12-5-6-15-13(9-12)7-8-20-15/h5-6,9-10,19H,7-8,11H2,1-4H3. The molecule has 2 aliphatic rings. The molecule has 0 bridgehead atoms. The maximum Gasteiger partial charge on any atom is 0.492 e. The number of rotatable bonds is 3. The molecular weight excluding hydrogens is 279 g/mol. The molecule has 118 valence electrons. The first kappa shape index (κ1) is 15.6. The predicted molar refractivity (Wildman–Crippen MR) is 86.8 cm³/mol. The van der Waals surface area contributed by atoms with Crippen molar-refractivity contribution in [1.82, 2.24) is 0 Å². The largest absolute Gasteiger partial charge is 0.493 e. The Bertz CT molecular complexity index is 591. The van der Waals surface area contributed by atoms with Crippen molar-refractivity contribution >= 4 is 13.2 Å². The molecule has 1 aromatic carbocycles. The highest BCUT2D eigenvalue weighted by molar-refractivity contribution is 6.55. The number of hydrogen-bond donors (Lipinski definition) is 1. The molecule has 2 aliphatic heterocycles. The summed E-state index contributed by atoms with van der Waals surface area (Å²) in [5, 5.41) is 9.73. The van der Waals surface area contributed by atoms with Crippen LogP contribution in [0.3, 0.4) is 0 Å². The van der Waals surface area contributed by atoms with Gasteiger partial charge in [0.2, 0.25) is 0 Å². The fourth-order valence-electron chi connectivity index (χ4n) is 2.69. The van der Waals surface area contributed by atoms with Gasteiger partial charge < -0.3 is 19.2 Å². The molecular formula is C17H23BO4. The van der Waals surface area contributed by atoms with E-state index in [2.05, 4.69) is 6.07 Å². The zero-order valence-corrected chi connectivity index (χ0v) is 13.7. The van der Waals surface area contributed by atoms with E-state index >= 15 is 0 Å². The van der Waals surface area contributed by atoms with Gasteiger partial charge in [0.1, 0.15) is 5.75 Å². The third-order valence-corrected chi connectivity index (χ3v) is 4.80. The van der Waals surface area contributed by atoms with Crippen LogP contribution >= 0.6 is 0 Å². The third-order valence-electron chi connectivity index (χ3n) is 4.80. The number of benzene rings is 1. The predicted octanol–water partition coefficient (Wildman–Crippen LogP) is 2.63. The summed E-state index contributed by atoms with van der Waals surface area (Å²) in [5.74, 6) is 0.957. The summed E-state index contributed by atoms with van der Waals surface area (Å²) in [6, 6.07) is 6.07. The van der Waals surface area contributed by atoms with Gasteiger partial charge in [-0.3, -0.25) is 0 Å². The number of ether oxygens (including phenoxy) is 1. The highest BCUT2D eigenvalue weighted by atomic mass is 16.7. The lowest BCUT2D eigenvalue weighted by atomic mass is 9.77. The summed E-state index contributed by atoms with van der Waals surface area (Å²) in [5.41, 5.74) is 2.16. The second kappa shape index (κ2) is 5.41. The van der Waals surface area contributed by atoms with E-state index in [9.17, 15) is 5.11 Å². The molecule has 3 rings (SSSR count). The lowest BCUT2D eigenvalue weighted by molar-refractivity contribution is 0.00578. The maximum absolute atomic E-state index is 9.73. The van der Waals surface area contributed by atoms with Gasteiger partial charge in [-0.1, -0.05) is 12.1 Å². The van der Waals surface area contributed by atoms with Gasteiger partial charge in [-0.25, -0.2) is 0 Å². The normalized spacial score (nSPS) is 22.6. The molecule has 0 atom stereocenters. The number of hydrogen-bond acceptors (Lipinski definition) is 4. The molecule has 0 saturated carbocycles. The summed E-state index contributed by atoms with van der Waals surface area (Å²) < 4.78 is 17.5. The van der Waals surface area contributed by atoms with Gasteiger partial charge in [0.05, 0.1) is 24.4 Å². The van der Waals surface area contributed by atoms with Crippen molar-refractivity contribution in [2.45, 2.75) is 45.3 Å². The van der Waals surface area contributed by atoms with Crippen molar-refractivity contribution in [2.24, 2.45) is 0 Å².